The highest BCUT2D eigenvalue weighted by atomic mass is 16.6. The van der Waals surface area contributed by atoms with E-state index >= 15 is 0 Å². The number of hydrogen-bond acceptors (Lipinski definition) is 4. The van der Waals surface area contributed by atoms with Crippen molar-refractivity contribution >= 4 is 11.8 Å². The van der Waals surface area contributed by atoms with Crippen LogP contribution in [0.2, 0.25) is 0 Å². The molecule has 0 bridgehead atoms. The Morgan fingerprint density at radius 1 is 1.21 bits per heavy atom. The van der Waals surface area contributed by atoms with E-state index in [9.17, 15) is 9.90 Å². The van der Waals surface area contributed by atoms with Gasteiger partial charge in [-0.25, -0.2) is 4.79 Å². The molecule has 0 heterocycles. The summed E-state index contributed by atoms with van der Waals surface area (Å²) >= 11 is 0. The number of hydrogen-bond donors (Lipinski definition) is 3. The number of rotatable bonds is 6. The van der Waals surface area contributed by atoms with Gasteiger partial charge in [0, 0.05) is 23.3 Å². The zero-order chi connectivity index (χ0) is 18.0. The minimum atomic E-state index is -0.659. The van der Waals surface area contributed by atoms with E-state index in [0.29, 0.717) is 6.54 Å². The van der Waals surface area contributed by atoms with E-state index in [1.165, 1.54) is 0 Å². The summed E-state index contributed by atoms with van der Waals surface area (Å²) < 4.78 is 5.31. The van der Waals surface area contributed by atoms with Crippen LogP contribution in [0.5, 0.6) is 0 Å². The Morgan fingerprint density at radius 3 is 2.42 bits per heavy atom. The standard InChI is InChI=1S/C19H30N2O3/c1-17(2,3)24-16(22)21-18(4,5)12-13-20-15-9-7-6-8-14(15)19(23)10-11-19/h6-9,20,23H,10-13H2,1-5H3,(H,21,22). The molecule has 1 fully saturated rings. The number of carbonyl (C=O) groups excluding carboxylic acids is 1. The fourth-order valence-electron chi connectivity index (χ4n) is 2.58. The van der Waals surface area contributed by atoms with Crippen molar-refractivity contribution in [1.82, 2.24) is 5.32 Å². The average molecular weight is 334 g/mol. The van der Waals surface area contributed by atoms with E-state index in [0.717, 1.165) is 30.5 Å². The lowest BCUT2D eigenvalue weighted by Crippen LogP contribution is -2.46. The SMILES string of the molecule is CC(C)(CCNc1ccccc1C1(O)CC1)NC(=O)OC(C)(C)C. The van der Waals surface area contributed by atoms with Crippen molar-refractivity contribution in [2.45, 2.75) is 70.6 Å². The third kappa shape index (κ3) is 5.41. The van der Waals surface area contributed by atoms with Crippen LogP contribution in [0.15, 0.2) is 24.3 Å². The molecule has 3 N–H and O–H groups in total. The number of ether oxygens (including phenoxy) is 1. The summed E-state index contributed by atoms with van der Waals surface area (Å²) in [7, 11) is 0. The van der Waals surface area contributed by atoms with Gasteiger partial charge in [0.25, 0.3) is 0 Å². The molecule has 5 heteroatoms. The largest absolute Gasteiger partial charge is 0.444 e. The molecule has 0 radical (unpaired) electrons. The zero-order valence-electron chi connectivity index (χ0n) is 15.4. The molecule has 0 aromatic heterocycles. The predicted octanol–water partition coefficient (Wildman–Crippen LogP) is 3.77. The van der Waals surface area contributed by atoms with Crippen molar-refractivity contribution in [2.24, 2.45) is 0 Å². The summed E-state index contributed by atoms with van der Waals surface area (Å²) in [4.78, 5) is 11.9. The highest BCUT2D eigenvalue weighted by Gasteiger charge is 2.43. The van der Waals surface area contributed by atoms with Gasteiger partial charge in [-0.2, -0.15) is 0 Å². The molecule has 1 aromatic rings. The van der Waals surface area contributed by atoms with Gasteiger partial charge in [-0.05, 0) is 59.9 Å². The normalized spacial score (nSPS) is 16.4. The first-order valence-electron chi connectivity index (χ1n) is 8.58. The Balaban J connectivity index is 1.86. The second-order valence-corrected chi connectivity index (χ2v) is 8.26. The molecule has 134 valence electrons. The quantitative estimate of drug-likeness (QED) is 0.740. The molecule has 5 nitrogen and oxygen atoms in total. The van der Waals surface area contributed by atoms with Gasteiger partial charge in [0.2, 0.25) is 0 Å². The smallest absolute Gasteiger partial charge is 0.408 e. The van der Waals surface area contributed by atoms with Crippen LogP contribution in [0.25, 0.3) is 0 Å². The van der Waals surface area contributed by atoms with Crippen molar-refractivity contribution in [2.75, 3.05) is 11.9 Å². The molecular weight excluding hydrogens is 304 g/mol. The molecule has 0 aliphatic heterocycles. The van der Waals surface area contributed by atoms with Crippen molar-refractivity contribution in [3.8, 4) is 0 Å². The molecular formula is C19H30N2O3. The number of amides is 1. The molecule has 1 aliphatic rings. The van der Waals surface area contributed by atoms with Crippen molar-refractivity contribution < 1.29 is 14.6 Å². The molecule has 1 aliphatic carbocycles. The Kier molecular flexibility index (Phi) is 5.14. The van der Waals surface area contributed by atoms with Gasteiger partial charge in [0.1, 0.15) is 5.60 Å². The van der Waals surface area contributed by atoms with Gasteiger partial charge in [-0.3, -0.25) is 0 Å². The van der Waals surface area contributed by atoms with E-state index < -0.39 is 17.3 Å². The minimum absolute atomic E-state index is 0.388. The average Bonchev–Trinajstić information content (AvgIpc) is 3.15. The number of carbonyl (C=O) groups is 1. The lowest BCUT2D eigenvalue weighted by atomic mass is 10.0. The number of para-hydroxylation sites is 1. The summed E-state index contributed by atoms with van der Waals surface area (Å²) in [6, 6.07) is 7.87. The molecule has 0 saturated heterocycles. The van der Waals surface area contributed by atoms with Gasteiger partial charge in [-0.1, -0.05) is 18.2 Å². The van der Waals surface area contributed by atoms with Crippen LogP contribution in [-0.4, -0.2) is 28.9 Å². The van der Waals surface area contributed by atoms with Crippen LogP contribution in [-0.2, 0) is 10.3 Å². The summed E-state index contributed by atoms with van der Waals surface area (Å²) in [5.74, 6) is 0. The number of benzene rings is 1. The Hall–Kier alpha value is -1.75. The third-order valence-electron chi connectivity index (χ3n) is 4.06. The van der Waals surface area contributed by atoms with Crippen molar-refractivity contribution in [3.05, 3.63) is 29.8 Å². The van der Waals surface area contributed by atoms with Crippen LogP contribution in [0.3, 0.4) is 0 Å². The first kappa shape index (κ1) is 18.6. The fourth-order valence-corrected chi connectivity index (χ4v) is 2.58. The van der Waals surface area contributed by atoms with E-state index in [4.69, 9.17) is 4.74 Å². The van der Waals surface area contributed by atoms with E-state index in [-0.39, 0.29) is 5.54 Å². The molecule has 1 saturated carbocycles. The van der Waals surface area contributed by atoms with Crippen molar-refractivity contribution in [1.29, 1.82) is 0 Å². The van der Waals surface area contributed by atoms with Crippen LogP contribution in [0, 0.1) is 0 Å². The highest BCUT2D eigenvalue weighted by molar-refractivity contribution is 5.68. The van der Waals surface area contributed by atoms with Crippen LogP contribution in [0.1, 0.15) is 59.4 Å². The van der Waals surface area contributed by atoms with Gasteiger partial charge < -0.3 is 20.5 Å². The zero-order valence-corrected chi connectivity index (χ0v) is 15.4. The van der Waals surface area contributed by atoms with E-state index in [1.54, 1.807) is 0 Å². The maximum atomic E-state index is 11.9. The maximum absolute atomic E-state index is 11.9. The molecule has 0 atom stereocenters. The van der Waals surface area contributed by atoms with Gasteiger partial charge >= 0.3 is 6.09 Å². The molecule has 2 rings (SSSR count). The van der Waals surface area contributed by atoms with Gasteiger partial charge in [0.15, 0.2) is 0 Å². The van der Waals surface area contributed by atoms with Gasteiger partial charge in [-0.15, -0.1) is 0 Å². The Labute approximate surface area is 144 Å². The van der Waals surface area contributed by atoms with Crippen LogP contribution < -0.4 is 10.6 Å². The topological polar surface area (TPSA) is 70.6 Å². The van der Waals surface area contributed by atoms with Gasteiger partial charge in [0.05, 0.1) is 5.60 Å². The first-order chi connectivity index (χ1) is 11.0. The second-order valence-electron chi connectivity index (χ2n) is 8.26. The molecule has 1 aromatic carbocycles. The molecule has 24 heavy (non-hydrogen) atoms. The number of anilines is 1. The summed E-state index contributed by atoms with van der Waals surface area (Å²) in [6.07, 6.45) is 1.97. The Morgan fingerprint density at radius 2 is 1.83 bits per heavy atom. The molecule has 0 spiro atoms. The number of alkyl carbamates (subject to hydrolysis) is 1. The lowest BCUT2D eigenvalue weighted by Gasteiger charge is -2.29. The van der Waals surface area contributed by atoms with Crippen LogP contribution in [0.4, 0.5) is 10.5 Å². The summed E-state index contributed by atoms with van der Waals surface area (Å²) in [5.41, 5.74) is 0.375. The molecule has 0 unspecified atom stereocenters. The summed E-state index contributed by atoms with van der Waals surface area (Å²) in [6.45, 7) is 10.2. The second kappa shape index (κ2) is 6.63. The van der Waals surface area contributed by atoms with Crippen molar-refractivity contribution in [3.63, 3.8) is 0 Å². The monoisotopic (exact) mass is 334 g/mol. The van der Waals surface area contributed by atoms with Crippen LogP contribution >= 0.6 is 0 Å². The lowest BCUT2D eigenvalue weighted by molar-refractivity contribution is 0.0470. The Bertz CT molecular complexity index is 587. The fraction of sp³-hybridized carbons (Fsp3) is 0.632. The predicted molar refractivity (Wildman–Crippen MR) is 96.1 cm³/mol. The highest BCUT2D eigenvalue weighted by Crippen LogP contribution is 2.47. The first-order valence-corrected chi connectivity index (χ1v) is 8.58. The number of nitrogens with one attached hydrogen (secondary N) is 2. The maximum Gasteiger partial charge on any atom is 0.408 e. The number of aliphatic hydroxyl groups is 1. The van der Waals surface area contributed by atoms with E-state index in [1.807, 2.05) is 58.9 Å². The third-order valence-corrected chi connectivity index (χ3v) is 4.06. The van der Waals surface area contributed by atoms with E-state index in [2.05, 4.69) is 10.6 Å². The molecule has 1 amide bonds. The summed E-state index contributed by atoms with van der Waals surface area (Å²) in [5, 5.41) is 16.6. The minimum Gasteiger partial charge on any atom is -0.444 e.